The highest BCUT2D eigenvalue weighted by Gasteiger charge is 2.42. The number of carbonyl (C=O) groups is 8. The van der Waals surface area contributed by atoms with Crippen LogP contribution in [0.15, 0.2) is 79.3 Å². The zero-order valence-corrected chi connectivity index (χ0v) is 57.4. The van der Waals surface area contributed by atoms with Crippen LogP contribution in [-0.4, -0.2) is 224 Å². The fourth-order valence-electron chi connectivity index (χ4n) is 16.2. The van der Waals surface area contributed by atoms with Crippen molar-refractivity contribution in [3.05, 3.63) is 107 Å². The van der Waals surface area contributed by atoms with Gasteiger partial charge in [0.15, 0.2) is 11.5 Å². The molecule has 6 aromatic rings. The average molecular weight is 1350 g/mol. The molecule has 11 heterocycles. The molecule has 3 aromatic carbocycles. The summed E-state index contributed by atoms with van der Waals surface area (Å²) >= 11 is 0. The van der Waals surface area contributed by atoms with Crippen molar-refractivity contribution in [1.29, 1.82) is 0 Å². The molecule has 26 heteroatoms. The number of hydrogen-bond donors (Lipinski definition) is 3. The van der Waals surface area contributed by atoms with Crippen LogP contribution in [-0.2, 0) is 37.0 Å². The molecule has 2 atom stereocenters. The number of hydrogen-bond acceptors (Lipinski definition) is 18. The molecular formula is C73H92N16O10. The SMILES string of the molecule is CC(C)(C)OC(=O)N1CCN(CC2CCN(c3ccc4c(c3)C(=O)N(C3CCC(=O)NC3=O)C4)CC2)CC1.COc1cc2nn(C3CCC(CN4CCN(CC5CCN(c6ccc7c(c6)C(=O)N(C6CCC(=O)NC6=O)C7)CC5)CC4)CC3)cc2cc1C(=O)Nc1cnc2cccnn12. The second-order valence-electron chi connectivity index (χ2n) is 29.5. The number of rotatable bonds is 14. The van der Waals surface area contributed by atoms with Gasteiger partial charge < -0.3 is 49.1 Å². The van der Waals surface area contributed by atoms with Crippen LogP contribution in [0.1, 0.15) is 146 Å². The van der Waals surface area contributed by atoms with Crippen molar-refractivity contribution in [1.82, 2.24) is 64.4 Å². The molecule has 6 saturated heterocycles. The lowest BCUT2D eigenvalue weighted by molar-refractivity contribution is -0.138. The number of methoxy groups -OCH3 is 1. The molecule has 1 aliphatic carbocycles. The van der Waals surface area contributed by atoms with Crippen LogP contribution < -0.4 is 30.5 Å². The summed E-state index contributed by atoms with van der Waals surface area (Å²) in [6.07, 6.45) is 15.3. The maximum atomic E-state index is 13.4. The molecule has 99 heavy (non-hydrogen) atoms. The Hall–Kier alpha value is -9.01. The number of anilines is 3. The van der Waals surface area contributed by atoms with Gasteiger partial charge in [0.1, 0.15) is 23.4 Å². The van der Waals surface area contributed by atoms with E-state index in [1.807, 2.05) is 63.2 Å². The molecule has 3 N–H and O–H groups in total. The molecule has 8 aliphatic heterocycles. The summed E-state index contributed by atoms with van der Waals surface area (Å²) < 4.78 is 14.8. The summed E-state index contributed by atoms with van der Waals surface area (Å²) in [7, 11) is 1.57. The van der Waals surface area contributed by atoms with E-state index in [1.165, 1.54) is 12.8 Å². The van der Waals surface area contributed by atoms with E-state index >= 15 is 0 Å². The first-order valence-corrected chi connectivity index (χ1v) is 35.7. The molecular weight excluding hydrogens is 1260 g/mol. The molecule has 0 radical (unpaired) electrons. The minimum Gasteiger partial charge on any atom is -0.496 e. The van der Waals surface area contributed by atoms with E-state index in [4.69, 9.17) is 14.6 Å². The third kappa shape index (κ3) is 15.0. The minimum absolute atomic E-state index is 0.114. The maximum Gasteiger partial charge on any atom is 0.410 e. The Balaban J connectivity index is 0.000000189. The third-order valence-electron chi connectivity index (χ3n) is 21.8. The number of imide groups is 2. The standard InChI is InChI=1S/C45H53N11O5.C28H39N5O5/c1-61-39-23-37-32(21-36(39)43(58)48-41-24-46-40-3-2-14-47-56(40)41)28-55(50-37)33-7-4-29(5-8-33)25-51-17-19-52(20-18-51)26-30-12-15-53(16-13-30)34-9-6-31-27-54(45(60)35(31)22-34)38-10-11-42(57)49-44(38)59;1-28(2,3)38-27(37)32-14-12-30(13-15-32)17-19-8-10-31(11-9-19)21-5-4-20-18-33(26(36)22(20)16-21)23-6-7-24(34)29-25(23)35/h2-3,6,9,14,21-24,28-30,33,38H,4-5,7-8,10-13,15-20,25-27H2,1H3,(H,48,58)(H,49,57,59);4-5,16,19,23H,6-15,17-18H2,1-3H3,(H,29,34,35). The van der Waals surface area contributed by atoms with E-state index in [0.29, 0.717) is 96.7 Å². The Kier molecular flexibility index (Phi) is 19.5. The van der Waals surface area contributed by atoms with Crippen molar-refractivity contribution in [3.63, 3.8) is 0 Å². The van der Waals surface area contributed by atoms with Crippen molar-refractivity contribution in [2.45, 2.75) is 135 Å². The molecule has 7 fully saturated rings. The predicted molar refractivity (Wildman–Crippen MR) is 370 cm³/mol. The summed E-state index contributed by atoms with van der Waals surface area (Å²) in [4.78, 5) is 122. The van der Waals surface area contributed by atoms with E-state index < -0.39 is 17.7 Å². The molecule has 524 valence electrons. The summed E-state index contributed by atoms with van der Waals surface area (Å²) in [5.74, 6) is 1.10. The van der Waals surface area contributed by atoms with Gasteiger partial charge in [-0.1, -0.05) is 12.1 Å². The summed E-state index contributed by atoms with van der Waals surface area (Å²) in [5.41, 5.74) is 6.78. The van der Waals surface area contributed by atoms with Crippen molar-refractivity contribution >= 4 is 81.2 Å². The fraction of sp³-hybridized carbons (Fsp3) is 0.548. The molecule has 26 nitrogen and oxygen atoms in total. The molecule has 0 bridgehead atoms. The van der Waals surface area contributed by atoms with Crippen LogP contribution in [0.25, 0.3) is 16.6 Å². The molecule has 15 rings (SSSR count). The van der Waals surface area contributed by atoms with Crippen LogP contribution in [0.5, 0.6) is 5.75 Å². The summed E-state index contributed by atoms with van der Waals surface area (Å²) in [5, 5.41) is 17.8. The number of piperidine rings is 4. The Bertz CT molecular complexity index is 4050. The van der Waals surface area contributed by atoms with Gasteiger partial charge in [-0.15, -0.1) is 0 Å². The number of nitrogens with one attached hydrogen (secondary N) is 3. The second kappa shape index (κ2) is 28.7. The first kappa shape index (κ1) is 67.2. The van der Waals surface area contributed by atoms with Crippen LogP contribution in [0.4, 0.5) is 22.0 Å². The topological polar surface area (TPSA) is 265 Å². The van der Waals surface area contributed by atoms with Gasteiger partial charge >= 0.3 is 6.09 Å². The highest BCUT2D eigenvalue weighted by molar-refractivity contribution is 6.09. The van der Waals surface area contributed by atoms with Crippen molar-refractivity contribution in [2.24, 2.45) is 17.8 Å². The van der Waals surface area contributed by atoms with E-state index in [9.17, 15) is 38.4 Å². The predicted octanol–water partition coefficient (Wildman–Crippen LogP) is 6.58. The van der Waals surface area contributed by atoms with Crippen molar-refractivity contribution in [2.75, 3.05) is 120 Å². The zero-order valence-electron chi connectivity index (χ0n) is 57.4. The maximum absolute atomic E-state index is 13.4. The molecule has 9 aliphatic rings. The number of aromatic nitrogens is 5. The number of imidazole rings is 1. The van der Waals surface area contributed by atoms with Gasteiger partial charge in [-0.2, -0.15) is 14.7 Å². The Morgan fingerprint density at radius 3 is 1.63 bits per heavy atom. The summed E-state index contributed by atoms with van der Waals surface area (Å²) in [6.45, 7) is 21.3. The fourth-order valence-corrected chi connectivity index (χ4v) is 16.2. The highest BCUT2D eigenvalue weighted by atomic mass is 16.6. The average Bonchev–Trinajstić information content (AvgIpc) is 1.64. The number of ether oxygens (including phenoxy) is 2. The van der Waals surface area contributed by atoms with E-state index in [0.717, 1.165) is 157 Å². The molecule has 2 unspecified atom stereocenters. The molecule has 1 saturated carbocycles. The van der Waals surface area contributed by atoms with E-state index in [1.54, 1.807) is 44.8 Å². The molecule has 8 amide bonds. The minimum atomic E-state index is -0.587. The van der Waals surface area contributed by atoms with Gasteiger partial charge in [0.25, 0.3) is 17.7 Å². The number of carbonyl (C=O) groups excluding carboxylic acids is 8. The number of benzene rings is 3. The normalized spacial score (nSPS) is 23.3. The van der Waals surface area contributed by atoms with E-state index in [2.05, 4.69) is 73.5 Å². The van der Waals surface area contributed by atoms with Gasteiger partial charge in [0, 0.05) is 170 Å². The quantitative estimate of drug-likeness (QED) is 0.0972. The first-order valence-electron chi connectivity index (χ1n) is 35.7. The first-order chi connectivity index (χ1) is 47.8. The van der Waals surface area contributed by atoms with Crippen LogP contribution in [0, 0.1) is 17.8 Å². The van der Waals surface area contributed by atoms with Crippen LogP contribution in [0.3, 0.4) is 0 Å². The van der Waals surface area contributed by atoms with Gasteiger partial charge in [0.2, 0.25) is 23.6 Å². The Labute approximate surface area is 576 Å². The lowest BCUT2D eigenvalue weighted by Crippen LogP contribution is -2.52. The molecule has 0 spiro atoms. The lowest BCUT2D eigenvalue weighted by Gasteiger charge is -2.40. The lowest BCUT2D eigenvalue weighted by atomic mass is 9.85. The van der Waals surface area contributed by atoms with Gasteiger partial charge in [-0.05, 0) is 156 Å². The van der Waals surface area contributed by atoms with Gasteiger partial charge in [0.05, 0.1) is 30.4 Å². The third-order valence-corrected chi connectivity index (χ3v) is 21.8. The van der Waals surface area contributed by atoms with Gasteiger partial charge in [-0.3, -0.25) is 53.8 Å². The molecule has 3 aromatic heterocycles. The second-order valence-corrected chi connectivity index (χ2v) is 29.5. The largest absolute Gasteiger partial charge is 0.496 e. The van der Waals surface area contributed by atoms with Crippen molar-refractivity contribution in [3.8, 4) is 5.75 Å². The smallest absolute Gasteiger partial charge is 0.410 e. The number of fused-ring (bicyclic) bond motifs is 4. The Morgan fingerprint density at radius 1 is 0.606 bits per heavy atom. The van der Waals surface area contributed by atoms with Gasteiger partial charge in [-0.25, -0.2) is 9.78 Å². The van der Waals surface area contributed by atoms with Crippen LogP contribution in [0.2, 0.25) is 0 Å². The Morgan fingerprint density at radius 2 is 1.12 bits per heavy atom. The highest BCUT2D eigenvalue weighted by Crippen LogP contribution is 2.38. The zero-order chi connectivity index (χ0) is 68.6. The van der Waals surface area contributed by atoms with Crippen molar-refractivity contribution < 1.29 is 47.8 Å². The van der Waals surface area contributed by atoms with E-state index in [-0.39, 0.29) is 60.3 Å². The number of amides is 8. The number of nitrogens with zero attached hydrogens (tertiary/aromatic N) is 13. The monoisotopic (exact) mass is 1350 g/mol. The number of piperazine rings is 2. The summed E-state index contributed by atoms with van der Waals surface area (Å²) in [6, 6.07) is 18.7. The van der Waals surface area contributed by atoms with Crippen LogP contribution >= 0.6 is 0 Å².